The van der Waals surface area contributed by atoms with Crippen LogP contribution in [0.25, 0.3) is 10.8 Å². The highest BCUT2D eigenvalue weighted by atomic mass is 32.1. The van der Waals surface area contributed by atoms with Crippen LogP contribution in [0.5, 0.6) is 11.5 Å². The number of thiocarbonyl (C=S) groups is 1. The molecule has 0 spiro atoms. The van der Waals surface area contributed by atoms with Gasteiger partial charge in [-0.2, -0.15) is 0 Å². The third-order valence-corrected chi connectivity index (χ3v) is 7.49. The van der Waals surface area contributed by atoms with Gasteiger partial charge in [0.2, 0.25) is 6.79 Å². The molecule has 3 aromatic carbocycles. The summed E-state index contributed by atoms with van der Waals surface area (Å²) in [6.07, 6.45) is 0.731. The van der Waals surface area contributed by atoms with Crippen LogP contribution in [-0.2, 0) is 4.79 Å². The van der Waals surface area contributed by atoms with E-state index in [0.717, 1.165) is 22.9 Å². The quantitative estimate of drug-likeness (QED) is 0.452. The van der Waals surface area contributed by atoms with Crippen LogP contribution in [0, 0.1) is 0 Å². The Morgan fingerprint density at radius 3 is 2.74 bits per heavy atom. The molecular formula is C25H20N4O4S. The minimum absolute atomic E-state index is 0.0528. The van der Waals surface area contributed by atoms with Crippen LogP contribution in [0.4, 0.5) is 16.2 Å². The van der Waals surface area contributed by atoms with Crippen molar-refractivity contribution >= 4 is 51.4 Å². The zero-order chi connectivity index (χ0) is 23.0. The summed E-state index contributed by atoms with van der Waals surface area (Å²) in [6.45, 7) is 0.805. The SMILES string of the molecule is O=C1[C@H]2C3CC(CN3C(=S)Nc3ccc4c(c3)OCO4)N2C(=O)N1c1cccc2ccccc12. The van der Waals surface area contributed by atoms with Crippen molar-refractivity contribution < 1.29 is 19.1 Å². The smallest absolute Gasteiger partial charge is 0.332 e. The molecule has 3 fully saturated rings. The zero-order valence-corrected chi connectivity index (χ0v) is 18.8. The number of urea groups is 1. The summed E-state index contributed by atoms with van der Waals surface area (Å²) in [5, 5.41) is 5.68. The molecule has 3 aromatic rings. The summed E-state index contributed by atoms with van der Waals surface area (Å²) in [6, 6.07) is 18.1. The maximum Gasteiger partial charge on any atom is 0.332 e. The Balaban J connectivity index is 1.16. The van der Waals surface area contributed by atoms with Crippen molar-refractivity contribution in [2.24, 2.45) is 0 Å². The number of hydrogen-bond acceptors (Lipinski definition) is 5. The third kappa shape index (κ3) is 2.67. The maximum absolute atomic E-state index is 13.6. The van der Waals surface area contributed by atoms with Gasteiger partial charge in [0, 0.05) is 23.7 Å². The highest BCUT2D eigenvalue weighted by Gasteiger charge is 2.62. The zero-order valence-electron chi connectivity index (χ0n) is 18.0. The second-order valence-corrected chi connectivity index (χ2v) is 9.30. The number of carbonyl (C=O) groups is 2. The summed E-state index contributed by atoms with van der Waals surface area (Å²) in [5.74, 6) is 1.18. The van der Waals surface area contributed by atoms with Crippen LogP contribution in [0.3, 0.4) is 0 Å². The fourth-order valence-corrected chi connectivity index (χ4v) is 6.01. The van der Waals surface area contributed by atoms with E-state index < -0.39 is 6.04 Å². The monoisotopic (exact) mass is 472 g/mol. The summed E-state index contributed by atoms with van der Waals surface area (Å²) >= 11 is 5.72. The van der Waals surface area contributed by atoms with E-state index in [9.17, 15) is 9.59 Å². The number of carbonyl (C=O) groups excluding carboxylic acids is 2. The number of imide groups is 1. The van der Waals surface area contributed by atoms with Crippen LogP contribution in [0.1, 0.15) is 6.42 Å². The van der Waals surface area contributed by atoms with E-state index in [1.165, 1.54) is 4.90 Å². The van der Waals surface area contributed by atoms with Gasteiger partial charge in [-0.3, -0.25) is 4.79 Å². The van der Waals surface area contributed by atoms with Crippen molar-refractivity contribution in [3.8, 4) is 11.5 Å². The molecule has 4 heterocycles. The minimum atomic E-state index is -0.540. The van der Waals surface area contributed by atoms with E-state index >= 15 is 0 Å². The number of fused-ring (bicyclic) bond motifs is 7. The number of piperazine rings is 1. The number of anilines is 2. The Bertz CT molecular complexity index is 1390. The van der Waals surface area contributed by atoms with Crippen LogP contribution in [-0.4, -0.2) is 58.3 Å². The molecule has 4 aliphatic heterocycles. The molecule has 7 rings (SSSR count). The highest BCUT2D eigenvalue weighted by Crippen LogP contribution is 2.44. The largest absolute Gasteiger partial charge is 0.454 e. The lowest BCUT2D eigenvalue weighted by Crippen LogP contribution is -2.55. The number of benzene rings is 3. The minimum Gasteiger partial charge on any atom is -0.454 e. The van der Waals surface area contributed by atoms with Gasteiger partial charge in [0.25, 0.3) is 5.91 Å². The summed E-state index contributed by atoms with van der Waals surface area (Å²) in [5.41, 5.74) is 1.43. The van der Waals surface area contributed by atoms with Crippen molar-refractivity contribution in [1.29, 1.82) is 0 Å². The first-order chi connectivity index (χ1) is 16.6. The van der Waals surface area contributed by atoms with Crippen molar-refractivity contribution in [3.05, 3.63) is 60.7 Å². The predicted octanol–water partition coefficient (Wildman–Crippen LogP) is 3.56. The van der Waals surface area contributed by atoms with Gasteiger partial charge in [-0.15, -0.1) is 0 Å². The van der Waals surface area contributed by atoms with Crippen LogP contribution in [0.15, 0.2) is 60.7 Å². The fraction of sp³-hybridized carbons (Fsp3) is 0.240. The molecule has 0 saturated carbocycles. The molecule has 3 amide bonds. The van der Waals surface area contributed by atoms with Gasteiger partial charge in [0.1, 0.15) is 6.04 Å². The van der Waals surface area contributed by atoms with Crippen molar-refractivity contribution in [2.45, 2.75) is 24.5 Å². The average Bonchev–Trinajstić information content (AvgIpc) is 3.62. The molecule has 3 saturated heterocycles. The summed E-state index contributed by atoms with van der Waals surface area (Å²) < 4.78 is 10.8. The number of nitrogens with zero attached hydrogens (tertiary/aromatic N) is 3. The number of likely N-dealkylation sites (tertiary alicyclic amines) is 1. The standard InChI is InChI=1S/C25H20N4O4S/c30-23-22-19-11-16(12-27(19)24(34)26-15-8-9-20-21(10-15)33-13-32-20)28(22)25(31)29(23)18-7-3-5-14-4-1-2-6-17(14)18/h1-10,16,19,22H,11-13H2,(H,26,34)/t16?,19?,22-/m1/s1. The molecule has 0 aromatic heterocycles. The topological polar surface area (TPSA) is 74.4 Å². The molecule has 8 nitrogen and oxygen atoms in total. The summed E-state index contributed by atoms with van der Waals surface area (Å²) in [7, 11) is 0. The number of ether oxygens (including phenoxy) is 2. The number of nitrogens with one attached hydrogen (secondary N) is 1. The Kier molecular flexibility index (Phi) is 4.08. The number of hydrogen-bond donors (Lipinski definition) is 1. The molecule has 2 unspecified atom stereocenters. The molecule has 3 atom stereocenters. The first kappa shape index (κ1) is 19.6. The molecule has 0 radical (unpaired) electrons. The van der Waals surface area contributed by atoms with Crippen molar-refractivity contribution in [2.75, 3.05) is 23.6 Å². The lowest BCUT2D eigenvalue weighted by Gasteiger charge is -2.36. The normalized spacial score (nSPS) is 24.4. The molecule has 4 aliphatic rings. The Hall–Kier alpha value is -3.85. The van der Waals surface area contributed by atoms with Gasteiger partial charge in [0.05, 0.1) is 17.8 Å². The van der Waals surface area contributed by atoms with Crippen LogP contribution >= 0.6 is 12.2 Å². The van der Waals surface area contributed by atoms with E-state index in [-0.39, 0.29) is 30.8 Å². The Labute approximate surface area is 200 Å². The predicted molar refractivity (Wildman–Crippen MR) is 130 cm³/mol. The van der Waals surface area contributed by atoms with Crippen molar-refractivity contribution in [1.82, 2.24) is 9.80 Å². The lowest BCUT2D eigenvalue weighted by atomic mass is 10.1. The van der Waals surface area contributed by atoms with Gasteiger partial charge in [0.15, 0.2) is 16.6 Å². The second kappa shape index (κ2) is 7.07. The van der Waals surface area contributed by atoms with E-state index in [1.807, 2.05) is 65.6 Å². The Morgan fingerprint density at radius 2 is 1.82 bits per heavy atom. The number of amides is 3. The van der Waals surface area contributed by atoms with E-state index in [1.54, 1.807) is 4.90 Å². The highest BCUT2D eigenvalue weighted by molar-refractivity contribution is 7.80. The Morgan fingerprint density at radius 1 is 1.00 bits per heavy atom. The molecule has 0 aliphatic carbocycles. The lowest BCUT2D eigenvalue weighted by molar-refractivity contribution is -0.120. The van der Waals surface area contributed by atoms with Crippen molar-refractivity contribution in [3.63, 3.8) is 0 Å². The number of rotatable bonds is 2. The van der Waals surface area contributed by atoms with E-state index in [4.69, 9.17) is 21.7 Å². The van der Waals surface area contributed by atoms with Gasteiger partial charge in [-0.1, -0.05) is 36.4 Å². The molecule has 34 heavy (non-hydrogen) atoms. The van der Waals surface area contributed by atoms with Gasteiger partial charge < -0.3 is 24.6 Å². The van der Waals surface area contributed by atoms with Crippen LogP contribution in [0.2, 0.25) is 0 Å². The first-order valence-corrected chi connectivity index (χ1v) is 11.6. The third-order valence-electron chi connectivity index (χ3n) is 7.16. The molecule has 9 heteroatoms. The molecule has 170 valence electrons. The van der Waals surface area contributed by atoms with Gasteiger partial charge >= 0.3 is 6.03 Å². The van der Waals surface area contributed by atoms with Gasteiger partial charge in [-0.05, 0) is 42.2 Å². The fourth-order valence-electron chi connectivity index (χ4n) is 5.69. The maximum atomic E-state index is 13.6. The first-order valence-electron chi connectivity index (χ1n) is 11.2. The molecule has 2 bridgehead atoms. The van der Waals surface area contributed by atoms with Gasteiger partial charge in [-0.25, -0.2) is 9.69 Å². The average molecular weight is 473 g/mol. The second-order valence-electron chi connectivity index (χ2n) is 8.91. The summed E-state index contributed by atoms with van der Waals surface area (Å²) in [4.78, 5) is 32.2. The van der Waals surface area contributed by atoms with E-state index in [0.29, 0.717) is 28.8 Å². The molecule has 1 N–H and O–H groups in total. The van der Waals surface area contributed by atoms with E-state index in [2.05, 4.69) is 5.32 Å². The van der Waals surface area contributed by atoms with Crippen LogP contribution < -0.4 is 19.7 Å². The molecular weight excluding hydrogens is 452 g/mol.